The van der Waals surface area contributed by atoms with Crippen molar-refractivity contribution in [1.82, 2.24) is 9.47 Å². The summed E-state index contributed by atoms with van der Waals surface area (Å²) in [7, 11) is 1.57. The Labute approximate surface area is 164 Å². The second-order valence-electron chi connectivity index (χ2n) is 7.39. The molecule has 3 N–H and O–H groups in total. The number of benzene rings is 2. The summed E-state index contributed by atoms with van der Waals surface area (Å²) in [5, 5.41) is 11.2. The molecule has 6 nitrogen and oxygen atoms in total. The van der Waals surface area contributed by atoms with E-state index in [9.17, 15) is 9.90 Å². The fraction of sp³-hybridized carbons (Fsp3) is 0.318. The first kappa shape index (κ1) is 18.4. The van der Waals surface area contributed by atoms with E-state index in [1.54, 1.807) is 7.11 Å². The largest absolute Gasteiger partial charge is 0.504 e. The summed E-state index contributed by atoms with van der Waals surface area (Å²) in [4.78, 5) is 13.9. The van der Waals surface area contributed by atoms with Gasteiger partial charge in [0.25, 0.3) is 0 Å². The van der Waals surface area contributed by atoms with Crippen LogP contribution in [0.15, 0.2) is 42.6 Å². The molecule has 6 heteroatoms. The van der Waals surface area contributed by atoms with E-state index in [4.69, 9.17) is 10.5 Å². The number of ether oxygens (including phenoxy) is 1. The van der Waals surface area contributed by atoms with Gasteiger partial charge in [0.15, 0.2) is 11.5 Å². The van der Waals surface area contributed by atoms with Crippen LogP contribution in [0.5, 0.6) is 11.5 Å². The second kappa shape index (κ2) is 7.20. The predicted octanol–water partition coefficient (Wildman–Crippen LogP) is 2.96. The third-order valence-electron chi connectivity index (χ3n) is 5.68. The van der Waals surface area contributed by atoms with Crippen LogP contribution in [-0.2, 0) is 24.3 Å². The molecular formula is C22H25N3O3. The molecule has 0 spiro atoms. The maximum atomic E-state index is 11.4. The standard InChI is InChI=1S/C22H25N3O3/c1-14-18-10-21(28-2)20(26)9-15(18)7-8-24(14)11-16-12-25(13-22(23)27)19-6-4-3-5-17(16)19/h3-6,9-10,12,14,26H,7-8,11,13H2,1-2H3,(H2,23,27)/t14-/m0/s1. The molecule has 0 saturated carbocycles. The molecule has 1 aromatic heterocycles. The maximum absolute atomic E-state index is 11.4. The number of methoxy groups -OCH3 is 1. The van der Waals surface area contributed by atoms with Crippen molar-refractivity contribution in [2.75, 3.05) is 13.7 Å². The van der Waals surface area contributed by atoms with E-state index >= 15 is 0 Å². The van der Waals surface area contributed by atoms with Gasteiger partial charge in [-0.2, -0.15) is 0 Å². The number of phenolic OH excluding ortho intramolecular Hbond substituents is 1. The van der Waals surface area contributed by atoms with E-state index < -0.39 is 0 Å². The summed E-state index contributed by atoms with van der Waals surface area (Å²) in [6.07, 6.45) is 2.91. The molecular weight excluding hydrogens is 354 g/mol. The highest BCUT2D eigenvalue weighted by atomic mass is 16.5. The van der Waals surface area contributed by atoms with Crippen molar-refractivity contribution in [1.29, 1.82) is 0 Å². The normalized spacial score (nSPS) is 16.9. The Morgan fingerprint density at radius 2 is 2.11 bits per heavy atom. The monoisotopic (exact) mass is 379 g/mol. The molecule has 0 fully saturated rings. The number of phenols is 1. The first-order valence-corrected chi connectivity index (χ1v) is 9.46. The molecule has 28 heavy (non-hydrogen) atoms. The van der Waals surface area contributed by atoms with Gasteiger partial charge in [-0.25, -0.2) is 0 Å². The summed E-state index contributed by atoms with van der Waals surface area (Å²) in [6, 6.07) is 12.1. The molecule has 3 aromatic rings. The number of aromatic nitrogens is 1. The average molecular weight is 379 g/mol. The van der Waals surface area contributed by atoms with E-state index in [0.717, 1.165) is 30.4 Å². The summed E-state index contributed by atoms with van der Waals surface area (Å²) >= 11 is 0. The molecule has 0 aliphatic carbocycles. The number of carbonyl (C=O) groups is 1. The lowest BCUT2D eigenvalue weighted by Gasteiger charge is -2.35. The van der Waals surface area contributed by atoms with Gasteiger partial charge in [-0.05, 0) is 48.2 Å². The summed E-state index contributed by atoms with van der Waals surface area (Å²) < 4.78 is 7.22. The SMILES string of the molecule is COc1cc2c(cc1O)CCN(Cc1cn(CC(N)=O)c3ccccc13)[C@H]2C. The third-order valence-corrected chi connectivity index (χ3v) is 5.68. The number of para-hydroxylation sites is 1. The van der Waals surface area contributed by atoms with E-state index in [2.05, 4.69) is 17.9 Å². The fourth-order valence-corrected chi connectivity index (χ4v) is 4.23. The Hall–Kier alpha value is -2.99. The van der Waals surface area contributed by atoms with Gasteiger partial charge in [-0.3, -0.25) is 9.69 Å². The Bertz CT molecular complexity index is 1040. The number of nitrogens with two attached hydrogens (primary N) is 1. The molecule has 0 unspecified atom stereocenters. The van der Waals surface area contributed by atoms with Gasteiger partial charge >= 0.3 is 0 Å². The van der Waals surface area contributed by atoms with Crippen LogP contribution in [0.2, 0.25) is 0 Å². The molecule has 1 aliphatic rings. The van der Waals surface area contributed by atoms with Crippen LogP contribution in [0.1, 0.15) is 29.7 Å². The predicted molar refractivity (Wildman–Crippen MR) is 108 cm³/mol. The third kappa shape index (κ3) is 3.20. The van der Waals surface area contributed by atoms with Gasteiger partial charge in [0.2, 0.25) is 5.91 Å². The van der Waals surface area contributed by atoms with Crippen LogP contribution in [-0.4, -0.2) is 34.1 Å². The number of carbonyl (C=O) groups excluding carboxylic acids is 1. The molecule has 2 heterocycles. The Morgan fingerprint density at radius 3 is 2.86 bits per heavy atom. The maximum Gasteiger partial charge on any atom is 0.237 e. The van der Waals surface area contributed by atoms with Crippen LogP contribution in [0.25, 0.3) is 10.9 Å². The van der Waals surface area contributed by atoms with Crippen LogP contribution in [0, 0.1) is 0 Å². The smallest absolute Gasteiger partial charge is 0.237 e. The molecule has 1 atom stereocenters. The number of primary amides is 1. The summed E-state index contributed by atoms with van der Waals surface area (Å²) in [5.74, 6) is 0.349. The van der Waals surface area contributed by atoms with Crippen LogP contribution in [0.3, 0.4) is 0 Å². The van der Waals surface area contributed by atoms with Crippen LogP contribution in [0.4, 0.5) is 0 Å². The highest BCUT2D eigenvalue weighted by Crippen LogP contribution is 2.38. The molecule has 1 amide bonds. The first-order chi connectivity index (χ1) is 13.5. The van der Waals surface area contributed by atoms with E-state index in [1.807, 2.05) is 41.1 Å². The topological polar surface area (TPSA) is 80.7 Å². The molecule has 0 radical (unpaired) electrons. The van der Waals surface area contributed by atoms with Gasteiger partial charge in [0, 0.05) is 36.2 Å². The number of aromatic hydroxyl groups is 1. The number of hydrogen-bond donors (Lipinski definition) is 2. The lowest BCUT2D eigenvalue weighted by atomic mass is 9.92. The fourth-order valence-electron chi connectivity index (χ4n) is 4.23. The van der Waals surface area contributed by atoms with Crippen molar-refractivity contribution in [3.8, 4) is 11.5 Å². The lowest BCUT2D eigenvalue weighted by Crippen LogP contribution is -2.33. The van der Waals surface area contributed by atoms with Crippen molar-refractivity contribution in [3.05, 3.63) is 59.3 Å². The molecule has 1 aliphatic heterocycles. The van der Waals surface area contributed by atoms with Gasteiger partial charge in [-0.15, -0.1) is 0 Å². The minimum Gasteiger partial charge on any atom is -0.504 e. The minimum absolute atomic E-state index is 0.176. The highest BCUT2D eigenvalue weighted by Gasteiger charge is 2.26. The zero-order valence-electron chi connectivity index (χ0n) is 16.2. The van der Waals surface area contributed by atoms with E-state index in [-0.39, 0.29) is 24.2 Å². The Kier molecular flexibility index (Phi) is 4.73. The van der Waals surface area contributed by atoms with Crippen molar-refractivity contribution in [3.63, 3.8) is 0 Å². The van der Waals surface area contributed by atoms with Crippen LogP contribution >= 0.6 is 0 Å². The quantitative estimate of drug-likeness (QED) is 0.714. The van der Waals surface area contributed by atoms with Crippen molar-refractivity contribution < 1.29 is 14.6 Å². The lowest BCUT2D eigenvalue weighted by molar-refractivity contribution is -0.118. The van der Waals surface area contributed by atoms with Crippen molar-refractivity contribution in [2.45, 2.75) is 32.5 Å². The van der Waals surface area contributed by atoms with Crippen molar-refractivity contribution >= 4 is 16.8 Å². The molecule has 146 valence electrons. The number of amides is 1. The summed E-state index contributed by atoms with van der Waals surface area (Å²) in [6.45, 7) is 4.03. The van der Waals surface area contributed by atoms with Gasteiger partial charge < -0.3 is 20.1 Å². The first-order valence-electron chi connectivity index (χ1n) is 9.46. The number of nitrogens with zero attached hydrogens (tertiary/aromatic N) is 2. The second-order valence-corrected chi connectivity index (χ2v) is 7.39. The molecule has 2 aromatic carbocycles. The number of fused-ring (bicyclic) bond motifs is 2. The van der Waals surface area contributed by atoms with Gasteiger partial charge in [0.1, 0.15) is 6.54 Å². The summed E-state index contributed by atoms with van der Waals surface area (Å²) in [5.41, 5.74) is 9.97. The van der Waals surface area contributed by atoms with Crippen molar-refractivity contribution in [2.24, 2.45) is 5.73 Å². The molecule has 0 saturated heterocycles. The van der Waals surface area contributed by atoms with Gasteiger partial charge in [0.05, 0.1) is 7.11 Å². The highest BCUT2D eigenvalue weighted by molar-refractivity contribution is 5.85. The zero-order valence-corrected chi connectivity index (χ0v) is 16.2. The Morgan fingerprint density at radius 1 is 1.32 bits per heavy atom. The Balaban J connectivity index is 1.66. The minimum atomic E-state index is -0.348. The molecule has 4 rings (SSSR count). The molecule has 0 bridgehead atoms. The average Bonchev–Trinajstić information content (AvgIpc) is 3.01. The van der Waals surface area contributed by atoms with Gasteiger partial charge in [-0.1, -0.05) is 18.2 Å². The number of rotatable bonds is 5. The number of hydrogen-bond acceptors (Lipinski definition) is 4. The van der Waals surface area contributed by atoms with E-state index in [0.29, 0.717) is 5.75 Å². The van der Waals surface area contributed by atoms with Crippen LogP contribution < -0.4 is 10.5 Å². The van der Waals surface area contributed by atoms with E-state index in [1.165, 1.54) is 16.7 Å². The zero-order chi connectivity index (χ0) is 19.8.